The number of nitrogens with one attached hydrogen (secondary N) is 2. The van der Waals surface area contributed by atoms with Crippen molar-refractivity contribution >= 4 is 70.9 Å². The van der Waals surface area contributed by atoms with Crippen LogP contribution in [0.25, 0.3) is 58.8 Å². The molecule has 57 heavy (non-hydrogen) atoms. The molecule has 7 aromatic carbocycles. The smallest absolute Gasteiger partial charge is 0.129 e. The number of nitrogens with zero attached hydrogens (tertiary/aromatic N) is 2. The van der Waals surface area contributed by atoms with E-state index in [4.69, 9.17) is 4.99 Å². The lowest BCUT2D eigenvalue weighted by Gasteiger charge is -2.36. The number of thioether (sulfide) groups is 1. The standard InChI is InChI=1S/C51H36N4S2/c1-3-13-31(14-4-1)49-52-50(32-15-5-2-6-16-32)54-51(53-49)38-19-11-23-44-47(38)37-27-25-34(30-46(37)57-44)33-26-28-43-39(29-33)48-42(22-12-24-45(48)56-43)55-40-20-9-7-17-35(40)36-18-8-10-21-41(36)55/h1-30,38,47,49-50,52H,(H,53,54). The fraction of sp³-hybridized carbons (Fsp3) is 0.0784. The van der Waals surface area contributed by atoms with Gasteiger partial charge in [-0.05, 0) is 75.2 Å². The monoisotopic (exact) mass is 768 g/mol. The molecule has 0 spiro atoms. The van der Waals surface area contributed by atoms with Crippen LogP contribution in [0.1, 0.15) is 34.9 Å². The van der Waals surface area contributed by atoms with Crippen LogP contribution in [0.4, 0.5) is 0 Å². The van der Waals surface area contributed by atoms with E-state index in [-0.39, 0.29) is 24.2 Å². The maximum Gasteiger partial charge on any atom is 0.129 e. The SMILES string of the molecule is C1=CC(C2=NC(c3ccccc3)NC(c3ccccc3)N2)C2C(=C1)Sc1cc(-c3ccc4sc5cccc(-n6c7ccccc7c7ccccc76)c5c4c3)ccc12. The molecule has 0 amide bonds. The van der Waals surface area contributed by atoms with E-state index in [1.807, 2.05) is 23.1 Å². The summed E-state index contributed by atoms with van der Waals surface area (Å²) in [7, 11) is 0. The molecular formula is C51H36N4S2. The van der Waals surface area contributed by atoms with Crippen LogP contribution in [0.5, 0.6) is 0 Å². The third-order valence-electron chi connectivity index (χ3n) is 11.9. The Hall–Kier alpha value is -6.18. The van der Waals surface area contributed by atoms with Gasteiger partial charge in [-0.3, -0.25) is 5.32 Å². The highest BCUT2D eigenvalue weighted by Crippen LogP contribution is 2.55. The summed E-state index contributed by atoms with van der Waals surface area (Å²) in [5, 5.41) is 12.8. The second-order valence-electron chi connectivity index (χ2n) is 15.1. The van der Waals surface area contributed by atoms with Crippen LogP contribution in [0.3, 0.4) is 0 Å². The van der Waals surface area contributed by atoms with Crippen LogP contribution in [-0.2, 0) is 0 Å². The molecule has 2 aromatic heterocycles. The van der Waals surface area contributed by atoms with E-state index >= 15 is 0 Å². The van der Waals surface area contributed by atoms with Gasteiger partial charge in [-0.25, -0.2) is 4.99 Å². The molecule has 0 saturated carbocycles. The first kappa shape index (κ1) is 33.0. The number of para-hydroxylation sites is 2. The van der Waals surface area contributed by atoms with Crippen molar-refractivity contribution in [2.75, 3.05) is 0 Å². The van der Waals surface area contributed by atoms with Gasteiger partial charge in [0.25, 0.3) is 0 Å². The van der Waals surface area contributed by atoms with Gasteiger partial charge in [-0.2, -0.15) is 0 Å². The molecule has 3 aliphatic rings. The number of rotatable bonds is 5. The molecule has 1 aliphatic carbocycles. The maximum absolute atomic E-state index is 5.36. The van der Waals surface area contributed by atoms with Crippen LogP contribution < -0.4 is 10.6 Å². The highest BCUT2D eigenvalue weighted by Gasteiger charge is 2.39. The van der Waals surface area contributed by atoms with Gasteiger partial charge in [0.2, 0.25) is 0 Å². The van der Waals surface area contributed by atoms with Crippen LogP contribution in [0.15, 0.2) is 197 Å². The van der Waals surface area contributed by atoms with Crippen molar-refractivity contribution in [1.82, 2.24) is 15.2 Å². The molecule has 0 fully saturated rings. The van der Waals surface area contributed by atoms with Crippen molar-refractivity contribution in [2.45, 2.75) is 23.1 Å². The lowest BCUT2D eigenvalue weighted by atomic mass is 9.81. The second-order valence-corrected chi connectivity index (χ2v) is 17.3. The number of aliphatic imine (C=N–C) groups is 1. The molecule has 4 atom stereocenters. The van der Waals surface area contributed by atoms with Crippen LogP contribution in [0, 0.1) is 5.92 Å². The van der Waals surface area contributed by atoms with E-state index < -0.39 is 0 Å². The highest BCUT2D eigenvalue weighted by molar-refractivity contribution is 8.03. The molecule has 9 aromatic rings. The van der Waals surface area contributed by atoms with Crippen molar-refractivity contribution in [1.29, 1.82) is 0 Å². The third kappa shape index (κ3) is 5.36. The lowest BCUT2D eigenvalue weighted by molar-refractivity contribution is 0.397. The van der Waals surface area contributed by atoms with Gasteiger partial charge >= 0.3 is 0 Å². The molecule has 4 unspecified atom stereocenters. The molecule has 2 N–H and O–H groups in total. The van der Waals surface area contributed by atoms with Gasteiger partial charge in [0.05, 0.1) is 16.7 Å². The zero-order valence-corrected chi connectivity index (χ0v) is 32.5. The zero-order chi connectivity index (χ0) is 37.5. The number of hydrogen-bond donors (Lipinski definition) is 2. The summed E-state index contributed by atoms with van der Waals surface area (Å²) >= 11 is 3.79. The van der Waals surface area contributed by atoms with Crippen molar-refractivity contribution in [3.05, 3.63) is 204 Å². The predicted molar refractivity (Wildman–Crippen MR) is 240 cm³/mol. The van der Waals surface area contributed by atoms with Gasteiger partial charge < -0.3 is 9.88 Å². The van der Waals surface area contributed by atoms with Gasteiger partial charge in [-0.1, -0.05) is 151 Å². The quantitative estimate of drug-likeness (QED) is 0.183. The van der Waals surface area contributed by atoms with Crippen LogP contribution in [0.2, 0.25) is 0 Å². The predicted octanol–water partition coefficient (Wildman–Crippen LogP) is 13.1. The van der Waals surface area contributed by atoms with E-state index in [0.29, 0.717) is 0 Å². The molecular weight excluding hydrogens is 733 g/mol. The Morgan fingerprint density at radius 3 is 2.09 bits per heavy atom. The summed E-state index contributed by atoms with van der Waals surface area (Å²) in [6.07, 6.45) is 6.66. The number of benzene rings is 7. The largest absolute Gasteiger partial charge is 0.354 e. The van der Waals surface area contributed by atoms with Crippen molar-refractivity contribution in [3.63, 3.8) is 0 Å². The number of aromatic nitrogens is 1. The summed E-state index contributed by atoms with van der Waals surface area (Å²) in [6.45, 7) is 0. The minimum Gasteiger partial charge on any atom is -0.354 e. The number of amidine groups is 1. The van der Waals surface area contributed by atoms with E-state index in [1.54, 1.807) is 0 Å². The molecule has 0 bridgehead atoms. The summed E-state index contributed by atoms with van der Waals surface area (Å²) in [6, 6.07) is 59.7. The normalized spacial score (nSPS) is 20.1. The number of fused-ring (bicyclic) bond motifs is 9. The minimum atomic E-state index is -0.148. The van der Waals surface area contributed by atoms with E-state index in [2.05, 4.69) is 197 Å². The highest BCUT2D eigenvalue weighted by atomic mass is 32.2. The Labute approximate surface area is 338 Å². The van der Waals surface area contributed by atoms with Gasteiger partial charge in [0.15, 0.2) is 0 Å². The third-order valence-corrected chi connectivity index (χ3v) is 14.2. The first-order chi connectivity index (χ1) is 28.2. The summed E-state index contributed by atoms with van der Waals surface area (Å²) in [4.78, 5) is 8.07. The molecule has 2 aliphatic heterocycles. The van der Waals surface area contributed by atoms with Crippen LogP contribution >= 0.6 is 23.1 Å². The lowest BCUT2D eigenvalue weighted by Crippen LogP contribution is -2.48. The van der Waals surface area contributed by atoms with Crippen molar-refractivity contribution < 1.29 is 0 Å². The maximum atomic E-state index is 5.36. The summed E-state index contributed by atoms with van der Waals surface area (Å²) < 4.78 is 5.07. The molecule has 4 nitrogen and oxygen atoms in total. The van der Waals surface area contributed by atoms with E-state index in [0.717, 1.165) is 11.4 Å². The first-order valence-electron chi connectivity index (χ1n) is 19.6. The molecule has 0 saturated heterocycles. The summed E-state index contributed by atoms with van der Waals surface area (Å²) in [5.74, 6) is 1.32. The van der Waals surface area contributed by atoms with Gasteiger partial charge in [0.1, 0.15) is 18.2 Å². The zero-order valence-electron chi connectivity index (χ0n) is 30.8. The first-order valence-corrected chi connectivity index (χ1v) is 21.2. The average molecular weight is 769 g/mol. The van der Waals surface area contributed by atoms with Crippen LogP contribution in [-0.4, -0.2) is 10.4 Å². The molecule has 4 heterocycles. The van der Waals surface area contributed by atoms with E-state index in [1.165, 1.54) is 79.7 Å². The number of hydrogen-bond acceptors (Lipinski definition) is 5. The fourth-order valence-electron chi connectivity index (χ4n) is 9.27. The van der Waals surface area contributed by atoms with Gasteiger partial charge in [0, 0.05) is 47.7 Å². The van der Waals surface area contributed by atoms with E-state index in [9.17, 15) is 0 Å². The Bertz CT molecular complexity index is 3080. The topological polar surface area (TPSA) is 41.4 Å². The molecule has 6 heteroatoms. The average Bonchev–Trinajstić information content (AvgIpc) is 3.96. The van der Waals surface area contributed by atoms with Gasteiger partial charge in [-0.15, -0.1) is 11.3 Å². The molecule has 12 rings (SSSR count). The van der Waals surface area contributed by atoms with Crippen molar-refractivity contribution in [2.24, 2.45) is 10.9 Å². The van der Waals surface area contributed by atoms with Crippen molar-refractivity contribution in [3.8, 4) is 16.8 Å². The number of allylic oxidation sites excluding steroid dienone is 3. The Kier molecular flexibility index (Phi) is 7.65. The Morgan fingerprint density at radius 1 is 0.596 bits per heavy atom. The number of thiophene rings is 1. The molecule has 0 radical (unpaired) electrons. The second kappa shape index (κ2) is 13.2. The Morgan fingerprint density at radius 2 is 1.30 bits per heavy atom. The summed E-state index contributed by atoms with van der Waals surface area (Å²) in [5.41, 5.74) is 9.91. The fourth-order valence-corrected chi connectivity index (χ4v) is 11.7. The minimum absolute atomic E-state index is 0.0545. The Balaban J connectivity index is 0.933. The molecule has 272 valence electrons.